The summed E-state index contributed by atoms with van der Waals surface area (Å²) in [6, 6.07) is 7.62. The Labute approximate surface area is 157 Å². The Morgan fingerprint density at radius 1 is 1.33 bits per heavy atom. The average Bonchev–Trinajstić information content (AvgIpc) is 3.12. The van der Waals surface area contributed by atoms with Gasteiger partial charge in [0.1, 0.15) is 0 Å². The van der Waals surface area contributed by atoms with Gasteiger partial charge in [-0.15, -0.1) is 0 Å². The number of amides is 1. The lowest BCUT2D eigenvalue weighted by Gasteiger charge is -2.46. The Bertz CT molecular complexity index is 816. The summed E-state index contributed by atoms with van der Waals surface area (Å²) >= 11 is 0. The molecular weight excluding hydrogens is 352 g/mol. The van der Waals surface area contributed by atoms with Gasteiger partial charge in [0.15, 0.2) is 0 Å². The van der Waals surface area contributed by atoms with E-state index >= 15 is 0 Å². The molecule has 146 valence electrons. The molecule has 5 nitrogen and oxygen atoms in total. The number of nitrogens with one attached hydrogen (secondary N) is 1. The van der Waals surface area contributed by atoms with Crippen LogP contribution in [0.5, 0.6) is 0 Å². The smallest absolute Gasteiger partial charge is 0.262 e. The molecule has 2 saturated heterocycles. The number of hydrogen-bond donors (Lipinski definition) is 1. The number of alkyl halides is 2. The van der Waals surface area contributed by atoms with Gasteiger partial charge in [-0.2, -0.15) is 0 Å². The zero-order valence-corrected chi connectivity index (χ0v) is 15.5. The molecule has 0 spiro atoms. The normalized spacial score (nSPS) is 23.1. The van der Waals surface area contributed by atoms with E-state index in [0.29, 0.717) is 32.7 Å². The highest BCUT2D eigenvalue weighted by Gasteiger charge is 2.50. The van der Waals surface area contributed by atoms with Crippen LogP contribution >= 0.6 is 0 Å². The molecule has 0 bridgehead atoms. The highest BCUT2D eigenvalue weighted by molar-refractivity contribution is 5.89. The predicted octanol–water partition coefficient (Wildman–Crippen LogP) is 2.67. The van der Waals surface area contributed by atoms with E-state index in [1.807, 2.05) is 42.3 Å². The van der Waals surface area contributed by atoms with Gasteiger partial charge in [-0.3, -0.25) is 9.69 Å². The molecule has 0 radical (unpaired) electrons. The van der Waals surface area contributed by atoms with Crippen LogP contribution < -0.4 is 0 Å². The molecule has 1 aromatic heterocycles. The predicted molar refractivity (Wildman–Crippen MR) is 98.9 cm³/mol. The number of carbonyl (C=O) groups is 1. The lowest BCUT2D eigenvalue weighted by Crippen LogP contribution is -2.62. The van der Waals surface area contributed by atoms with Gasteiger partial charge in [0.25, 0.3) is 5.92 Å². The first kappa shape index (κ1) is 18.4. The van der Waals surface area contributed by atoms with Crippen molar-refractivity contribution in [3.8, 4) is 0 Å². The third kappa shape index (κ3) is 3.71. The van der Waals surface area contributed by atoms with Crippen LogP contribution in [0.4, 0.5) is 8.78 Å². The maximum absolute atomic E-state index is 13.9. The molecule has 1 N–H and O–H groups in total. The fraction of sp³-hybridized carbons (Fsp3) is 0.550. The minimum atomic E-state index is -2.67. The van der Waals surface area contributed by atoms with Crippen molar-refractivity contribution in [3.63, 3.8) is 0 Å². The summed E-state index contributed by atoms with van der Waals surface area (Å²) in [5.41, 5.74) is 1.99. The second-order valence-corrected chi connectivity index (χ2v) is 7.53. The molecule has 0 unspecified atom stereocenters. The number of benzene rings is 1. The van der Waals surface area contributed by atoms with Crippen molar-refractivity contribution in [1.29, 1.82) is 0 Å². The van der Waals surface area contributed by atoms with Crippen molar-refractivity contribution < 1.29 is 18.3 Å². The number of aromatic nitrogens is 1. The third-order valence-corrected chi connectivity index (χ3v) is 5.63. The van der Waals surface area contributed by atoms with E-state index in [-0.39, 0.29) is 31.0 Å². The Kier molecular flexibility index (Phi) is 4.90. The van der Waals surface area contributed by atoms with Crippen molar-refractivity contribution in [2.24, 2.45) is 0 Å². The summed E-state index contributed by atoms with van der Waals surface area (Å²) in [7, 11) is 0. The number of halogens is 2. The van der Waals surface area contributed by atoms with Gasteiger partial charge in [-0.1, -0.05) is 18.2 Å². The summed E-state index contributed by atoms with van der Waals surface area (Å²) in [6.07, 6.45) is 2.04. The Morgan fingerprint density at radius 2 is 2.11 bits per heavy atom. The summed E-state index contributed by atoms with van der Waals surface area (Å²) in [5, 5.41) is 1.05. The fourth-order valence-electron chi connectivity index (χ4n) is 4.18. The summed E-state index contributed by atoms with van der Waals surface area (Å²) in [5.74, 6) is -2.63. The van der Waals surface area contributed by atoms with Gasteiger partial charge in [0.2, 0.25) is 5.91 Å². The SMILES string of the molecule is CCOC[C@@H]1CC(F)(F)CN1C1CN(C(=O)Cc2c[nH]c3ccccc23)C1. The minimum Gasteiger partial charge on any atom is -0.380 e. The number of carbonyl (C=O) groups excluding carboxylic acids is 1. The highest BCUT2D eigenvalue weighted by Crippen LogP contribution is 2.35. The first-order chi connectivity index (χ1) is 13.0. The number of ether oxygens (including phenoxy) is 1. The van der Waals surface area contributed by atoms with Crippen LogP contribution in [-0.4, -0.2) is 71.5 Å². The molecule has 0 saturated carbocycles. The minimum absolute atomic E-state index is 0.00394. The topological polar surface area (TPSA) is 48.6 Å². The van der Waals surface area contributed by atoms with E-state index in [1.165, 1.54) is 0 Å². The third-order valence-electron chi connectivity index (χ3n) is 5.63. The van der Waals surface area contributed by atoms with Crippen molar-refractivity contribution in [2.75, 3.05) is 32.8 Å². The molecule has 27 heavy (non-hydrogen) atoms. The molecule has 4 rings (SSSR count). The number of para-hydroxylation sites is 1. The molecule has 2 fully saturated rings. The molecule has 0 aliphatic carbocycles. The van der Waals surface area contributed by atoms with Crippen LogP contribution in [-0.2, 0) is 16.0 Å². The molecule has 1 aromatic carbocycles. The van der Waals surface area contributed by atoms with Crippen molar-refractivity contribution in [3.05, 3.63) is 36.0 Å². The molecule has 1 amide bonds. The van der Waals surface area contributed by atoms with E-state index < -0.39 is 5.92 Å². The second kappa shape index (κ2) is 7.20. The number of aromatic amines is 1. The van der Waals surface area contributed by atoms with Crippen LogP contribution in [0.3, 0.4) is 0 Å². The first-order valence-electron chi connectivity index (χ1n) is 9.51. The number of rotatable bonds is 6. The van der Waals surface area contributed by atoms with Gasteiger partial charge in [-0.05, 0) is 18.6 Å². The maximum atomic E-state index is 13.9. The van der Waals surface area contributed by atoms with Crippen LogP contribution in [0.1, 0.15) is 18.9 Å². The number of likely N-dealkylation sites (tertiary alicyclic amines) is 2. The monoisotopic (exact) mass is 377 g/mol. The Balaban J connectivity index is 1.35. The lowest BCUT2D eigenvalue weighted by atomic mass is 10.0. The van der Waals surface area contributed by atoms with Crippen LogP contribution in [0.15, 0.2) is 30.5 Å². The van der Waals surface area contributed by atoms with Gasteiger partial charge in [0, 0.05) is 55.3 Å². The lowest BCUT2D eigenvalue weighted by molar-refractivity contribution is -0.138. The van der Waals surface area contributed by atoms with E-state index in [2.05, 4.69) is 4.98 Å². The van der Waals surface area contributed by atoms with Gasteiger partial charge >= 0.3 is 0 Å². The maximum Gasteiger partial charge on any atom is 0.262 e. The van der Waals surface area contributed by atoms with Gasteiger partial charge in [0.05, 0.1) is 19.6 Å². The number of fused-ring (bicyclic) bond motifs is 1. The van der Waals surface area contributed by atoms with Crippen molar-refractivity contribution in [2.45, 2.75) is 37.8 Å². The molecular formula is C20H25F2N3O2. The Hall–Kier alpha value is -1.99. The summed E-state index contributed by atoms with van der Waals surface area (Å²) < 4.78 is 33.1. The number of H-pyrrole nitrogens is 1. The standard InChI is InChI=1S/C20H25F2N3O2/c1-2-27-12-15-8-20(21,22)13-25(15)16-10-24(11-16)19(26)7-14-9-23-18-6-4-3-5-17(14)18/h3-6,9,15-16,23H,2,7-8,10-13H2,1H3/t15-/m0/s1. The van der Waals surface area contributed by atoms with E-state index in [1.54, 1.807) is 4.90 Å². The Morgan fingerprint density at radius 3 is 2.89 bits per heavy atom. The van der Waals surface area contributed by atoms with Crippen LogP contribution in [0.2, 0.25) is 0 Å². The van der Waals surface area contributed by atoms with Crippen molar-refractivity contribution >= 4 is 16.8 Å². The molecule has 7 heteroatoms. The number of nitrogens with zero attached hydrogens (tertiary/aromatic N) is 2. The zero-order chi connectivity index (χ0) is 19.0. The van der Waals surface area contributed by atoms with Crippen LogP contribution in [0, 0.1) is 0 Å². The molecule has 3 heterocycles. The second-order valence-electron chi connectivity index (χ2n) is 7.53. The number of hydrogen-bond acceptors (Lipinski definition) is 3. The molecule has 2 aliphatic heterocycles. The highest BCUT2D eigenvalue weighted by atomic mass is 19.3. The van der Waals surface area contributed by atoms with Crippen molar-refractivity contribution in [1.82, 2.24) is 14.8 Å². The zero-order valence-electron chi connectivity index (χ0n) is 15.5. The quantitative estimate of drug-likeness (QED) is 0.842. The summed E-state index contributed by atoms with van der Waals surface area (Å²) in [6.45, 7) is 3.51. The molecule has 1 atom stereocenters. The van der Waals surface area contributed by atoms with Crippen LogP contribution in [0.25, 0.3) is 10.9 Å². The largest absolute Gasteiger partial charge is 0.380 e. The van der Waals surface area contributed by atoms with E-state index in [4.69, 9.17) is 4.74 Å². The first-order valence-corrected chi connectivity index (χ1v) is 9.51. The average molecular weight is 377 g/mol. The van der Waals surface area contributed by atoms with E-state index in [0.717, 1.165) is 16.5 Å². The molecule has 2 aromatic rings. The fourth-order valence-corrected chi connectivity index (χ4v) is 4.18. The molecule has 2 aliphatic rings. The van der Waals surface area contributed by atoms with Gasteiger partial charge < -0.3 is 14.6 Å². The van der Waals surface area contributed by atoms with Gasteiger partial charge in [-0.25, -0.2) is 8.78 Å². The van der Waals surface area contributed by atoms with E-state index in [9.17, 15) is 13.6 Å². The summed E-state index contributed by atoms with van der Waals surface area (Å²) in [4.78, 5) is 19.4.